The second kappa shape index (κ2) is 6.16. The summed E-state index contributed by atoms with van der Waals surface area (Å²) in [5.41, 5.74) is 2.30. The zero-order valence-corrected chi connectivity index (χ0v) is 10.2. The third-order valence-corrected chi connectivity index (χ3v) is 2.71. The molecule has 1 aromatic carbocycles. The van der Waals surface area contributed by atoms with Crippen molar-refractivity contribution in [1.29, 1.82) is 0 Å². The number of fused-ring (bicyclic) bond motifs is 1. The van der Waals surface area contributed by atoms with Crippen molar-refractivity contribution >= 4 is 17.0 Å². The van der Waals surface area contributed by atoms with Gasteiger partial charge in [0.05, 0.1) is 5.52 Å². The number of nitrogens with zero attached hydrogens (tertiary/aromatic N) is 1. The van der Waals surface area contributed by atoms with Crippen molar-refractivity contribution in [2.45, 2.75) is 13.3 Å². The summed E-state index contributed by atoms with van der Waals surface area (Å²) in [7, 11) is 0. The fourth-order valence-electron chi connectivity index (χ4n) is 1.84. The first-order valence-corrected chi connectivity index (χ1v) is 6.13. The molecule has 0 atom stereocenters. The lowest BCUT2D eigenvalue weighted by Gasteiger charge is -2.01. The van der Waals surface area contributed by atoms with Crippen molar-refractivity contribution in [3.63, 3.8) is 0 Å². The maximum atomic E-state index is 4.35. The topological polar surface area (TPSA) is 24.9 Å². The Morgan fingerprint density at radius 2 is 2.18 bits per heavy atom. The Morgan fingerprint density at radius 1 is 1.24 bits per heavy atom. The van der Waals surface area contributed by atoms with Gasteiger partial charge in [-0.3, -0.25) is 4.98 Å². The van der Waals surface area contributed by atoms with E-state index in [1.165, 1.54) is 10.9 Å². The van der Waals surface area contributed by atoms with Gasteiger partial charge in [-0.15, -0.1) is 0 Å². The van der Waals surface area contributed by atoms with Crippen LogP contribution in [0.4, 0.5) is 0 Å². The number of hydrogen-bond donors (Lipinski definition) is 1. The molecule has 0 aliphatic rings. The molecule has 1 heterocycles. The smallest absolute Gasteiger partial charge is 0.0707 e. The average molecular weight is 226 g/mol. The fraction of sp³-hybridized carbons (Fsp3) is 0.267. The average Bonchev–Trinajstić information content (AvgIpc) is 2.39. The summed E-state index contributed by atoms with van der Waals surface area (Å²) in [4.78, 5) is 4.35. The van der Waals surface area contributed by atoms with Gasteiger partial charge in [-0.25, -0.2) is 0 Å². The van der Waals surface area contributed by atoms with E-state index >= 15 is 0 Å². The van der Waals surface area contributed by atoms with E-state index in [2.05, 4.69) is 47.6 Å². The molecule has 17 heavy (non-hydrogen) atoms. The molecule has 0 spiro atoms. The van der Waals surface area contributed by atoms with Crippen LogP contribution >= 0.6 is 0 Å². The Balaban J connectivity index is 2.13. The number of nitrogens with one attached hydrogen (secondary N) is 1. The lowest BCUT2D eigenvalue weighted by molar-refractivity contribution is 0.727. The minimum absolute atomic E-state index is 1.03. The van der Waals surface area contributed by atoms with E-state index in [0.717, 1.165) is 25.0 Å². The van der Waals surface area contributed by atoms with E-state index in [-0.39, 0.29) is 0 Å². The van der Waals surface area contributed by atoms with Gasteiger partial charge in [0, 0.05) is 11.6 Å². The molecule has 0 saturated heterocycles. The molecule has 2 aromatic rings. The second-order valence-corrected chi connectivity index (χ2v) is 3.96. The van der Waals surface area contributed by atoms with Gasteiger partial charge < -0.3 is 5.32 Å². The normalized spacial score (nSPS) is 11.4. The van der Waals surface area contributed by atoms with Crippen LogP contribution in [-0.4, -0.2) is 18.1 Å². The van der Waals surface area contributed by atoms with Crippen LogP contribution < -0.4 is 5.32 Å². The largest absolute Gasteiger partial charge is 0.317 e. The maximum Gasteiger partial charge on any atom is 0.0707 e. The number of benzene rings is 1. The summed E-state index contributed by atoms with van der Waals surface area (Å²) in [6.45, 7) is 4.20. The van der Waals surface area contributed by atoms with E-state index in [1.54, 1.807) is 0 Å². The molecule has 2 heteroatoms. The molecule has 0 bridgehead atoms. The first-order chi connectivity index (χ1) is 8.42. The van der Waals surface area contributed by atoms with E-state index in [1.807, 2.05) is 18.3 Å². The molecule has 1 N–H and O–H groups in total. The third-order valence-electron chi connectivity index (χ3n) is 2.71. The van der Waals surface area contributed by atoms with Gasteiger partial charge in [-0.05, 0) is 37.2 Å². The second-order valence-electron chi connectivity index (χ2n) is 3.96. The minimum atomic E-state index is 1.03. The molecular weight excluding hydrogens is 208 g/mol. The molecule has 2 nitrogen and oxygen atoms in total. The van der Waals surface area contributed by atoms with Gasteiger partial charge in [-0.2, -0.15) is 0 Å². The van der Waals surface area contributed by atoms with Crippen molar-refractivity contribution in [3.8, 4) is 0 Å². The number of aromatic nitrogens is 1. The van der Waals surface area contributed by atoms with Gasteiger partial charge in [0.15, 0.2) is 0 Å². The Morgan fingerprint density at radius 3 is 3.06 bits per heavy atom. The summed E-state index contributed by atoms with van der Waals surface area (Å²) in [5, 5.41) is 4.53. The van der Waals surface area contributed by atoms with Gasteiger partial charge in [-0.1, -0.05) is 37.3 Å². The summed E-state index contributed by atoms with van der Waals surface area (Å²) >= 11 is 0. The van der Waals surface area contributed by atoms with Crippen LogP contribution in [0.3, 0.4) is 0 Å². The lowest BCUT2D eigenvalue weighted by Crippen LogP contribution is -2.12. The van der Waals surface area contributed by atoms with Crippen LogP contribution in [0.2, 0.25) is 0 Å². The molecule has 1 aromatic heterocycles. The molecule has 0 unspecified atom stereocenters. The van der Waals surface area contributed by atoms with Crippen LogP contribution in [0.25, 0.3) is 17.0 Å². The summed E-state index contributed by atoms with van der Waals surface area (Å²) < 4.78 is 0. The predicted molar refractivity (Wildman–Crippen MR) is 73.9 cm³/mol. The van der Waals surface area contributed by atoms with Crippen molar-refractivity contribution < 1.29 is 0 Å². The Kier molecular flexibility index (Phi) is 4.28. The lowest BCUT2D eigenvalue weighted by atomic mass is 10.1. The van der Waals surface area contributed by atoms with Crippen LogP contribution in [0.15, 0.2) is 42.6 Å². The van der Waals surface area contributed by atoms with Crippen molar-refractivity contribution in [2.75, 3.05) is 13.1 Å². The van der Waals surface area contributed by atoms with Crippen molar-refractivity contribution in [2.24, 2.45) is 0 Å². The van der Waals surface area contributed by atoms with Gasteiger partial charge in [0.25, 0.3) is 0 Å². The molecule has 0 amide bonds. The third kappa shape index (κ3) is 3.14. The van der Waals surface area contributed by atoms with Crippen LogP contribution in [0.1, 0.15) is 18.9 Å². The van der Waals surface area contributed by atoms with E-state index in [9.17, 15) is 0 Å². The van der Waals surface area contributed by atoms with Crippen LogP contribution in [-0.2, 0) is 0 Å². The number of rotatable bonds is 5. The highest BCUT2D eigenvalue weighted by atomic mass is 14.8. The van der Waals surface area contributed by atoms with E-state index in [0.29, 0.717) is 0 Å². The molecule has 2 rings (SSSR count). The van der Waals surface area contributed by atoms with Crippen LogP contribution in [0, 0.1) is 0 Å². The summed E-state index contributed by atoms with van der Waals surface area (Å²) in [5.74, 6) is 0. The monoisotopic (exact) mass is 226 g/mol. The fourth-order valence-corrected chi connectivity index (χ4v) is 1.84. The molecule has 0 aliphatic heterocycles. The van der Waals surface area contributed by atoms with Gasteiger partial charge >= 0.3 is 0 Å². The highest BCUT2D eigenvalue weighted by molar-refractivity contribution is 5.87. The molecule has 0 saturated carbocycles. The van der Waals surface area contributed by atoms with Gasteiger partial charge in [0.1, 0.15) is 0 Å². The van der Waals surface area contributed by atoms with E-state index in [4.69, 9.17) is 0 Å². The molecule has 88 valence electrons. The number of pyridine rings is 1. The van der Waals surface area contributed by atoms with Crippen molar-refractivity contribution in [3.05, 3.63) is 48.2 Å². The Bertz CT molecular complexity index is 498. The quantitative estimate of drug-likeness (QED) is 0.792. The summed E-state index contributed by atoms with van der Waals surface area (Å²) in [6, 6.07) is 10.3. The molecule has 0 fully saturated rings. The first kappa shape index (κ1) is 11.8. The van der Waals surface area contributed by atoms with Crippen LogP contribution in [0.5, 0.6) is 0 Å². The summed E-state index contributed by atoms with van der Waals surface area (Å²) in [6.07, 6.45) is 7.29. The number of hydrogen-bond acceptors (Lipinski definition) is 2. The standard InChI is InChI=1S/C15H18N2/c1-2-16-11-4-3-7-13-8-5-10-15-14(13)9-6-12-17-15/h3,5-10,12,16H,2,4,11H2,1H3/b7-3+. The molecular formula is C15H18N2. The Labute approximate surface area is 102 Å². The SMILES string of the molecule is CCNCC/C=C/c1cccc2ncccc12. The van der Waals surface area contributed by atoms with Gasteiger partial charge in [0.2, 0.25) is 0 Å². The Hall–Kier alpha value is -1.67. The van der Waals surface area contributed by atoms with Crippen molar-refractivity contribution in [1.82, 2.24) is 10.3 Å². The zero-order valence-electron chi connectivity index (χ0n) is 10.2. The maximum absolute atomic E-state index is 4.35. The van der Waals surface area contributed by atoms with E-state index < -0.39 is 0 Å². The molecule has 0 aliphatic carbocycles. The molecule has 0 radical (unpaired) electrons. The minimum Gasteiger partial charge on any atom is -0.317 e. The highest BCUT2D eigenvalue weighted by Crippen LogP contribution is 2.17. The predicted octanol–water partition coefficient (Wildman–Crippen LogP) is 3.25. The highest BCUT2D eigenvalue weighted by Gasteiger charge is 1.96. The zero-order chi connectivity index (χ0) is 11.9. The first-order valence-electron chi connectivity index (χ1n) is 6.13.